The summed E-state index contributed by atoms with van der Waals surface area (Å²) in [6.45, 7) is 6.83. The van der Waals surface area contributed by atoms with E-state index >= 15 is 0 Å². The number of fused-ring (bicyclic) bond motifs is 1. The van der Waals surface area contributed by atoms with E-state index in [2.05, 4.69) is 5.10 Å². The maximum atomic E-state index is 13.1. The number of aromatic nitrogens is 2. The summed E-state index contributed by atoms with van der Waals surface area (Å²) < 4.78 is 46.6. The van der Waals surface area contributed by atoms with E-state index < -0.39 is 17.4 Å². The van der Waals surface area contributed by atoms with Gasteiger partial charge in [-0.05, 0) is 39.8 Å². The lowest BCUT2D eigenvalue weighted by molar-refractivity contribution is -0.380. The number of hydrogen-bond acceptors (Lipinski definition) is 3. The van der Waals surface area contributed by atoms with Crippen molar-refractivity contribution in [1.82, 2.24) is 9.78 Å². The number of benzene rings is 1. The van der Waals surface area contributed by atoms with Gasteiger partial charge in [0.25, 0.3) is 0 Å². The average molecular weight is 388 g/mol. The monoisotopic (exact) mass is 387 g/mol. The van der Waals surface area contributed by atoms with Gasteiger partial charge in [0.05, 0.1) is 11.1 Å². The van der Waals surface area contributed by atoms with Crippen LogP contribution in [0.5, 0.6) is 0 Å². The third kappa shape index (κ3) is 3.13. The third-order valence-electron chi connectivity index (χ3n) is 3.95. The average Bonchev–Trinajstić information content (AvgIpc) is 2.91. The Morgan fingerprint density at radius 1 is 1.23 bits per heavy atom. The van der Waals surface area contributed by atoms with Crippen LogP contribution in [0, 0.1) is 12.1 Å². The van der Waals surface area contributed by atoms with Crippen LogP contribution in [-0.4, -0.2) is 20.4 Å². The van der Waals surface area contributed by atoms with Crippen LogP contribution in [-0.2, 0) is 23.1 Å². The molecule has 26 heavy (non-hydrogen) atoms. The molecule has 2 heterocycles. The van der Waals surface area contributed by atoms with Crippen molar-refractivity contribution in [3.8, 4) is 0 Å². The summed E-state index contributed by atoms with van der Waals surface area (Å²) in [6.07, 6.45) is -4.63. The fraction of sp³-hybridized carbons (Fsp3) is 0.412. The summed E-state index contributed by atoms with van der Waals surface area (Å²) in [4.78, 5) is 0. The number of alkyl halides is 3. The van der Waals surface area contributed by atoms with E-state index in [1.54, 1.807) is 39.8 Å². The van der Waals surface area contributed by atoms with E-state index in [1.807, 2.05) is 0 Å². The fourth-order valence-electron chi connectivity index (χ4n) is 2.87. The fourth-order valence-corrected chi connectivity index (χ4v) is 3.17. The van der Waals surface area contributed by atoms with Gasteiger partial charge in [0.15, 0.2) is 11.4 Å². The van der Waals surface area contributed by atoms with Gasteiger partial charge < -0.3 is 9.94 Å². The van der Waals surface area contributed by atoms with Crippen LogP contribution < -0.4 is 0 Å². The Hall–Kier alpha value is -2.22. The highest BCUT2D eigenvalue weighted by Crippen LogP contribution is 2.35. The second-order valence-electron chi connectivity index (χ2n) is 7.11. The summed E-state index contributed by atoms with van der Waals surface area (Å²) in [5.41, 5.74) is -0.380. The summed E-state index contributed by atoms with van der Waals surface area (Å²) in [6, 6.07) is 4.06. The van der Waals surface area contributed by atoms with Gasteiger partial charge in [0, 0.05) is 16.7 Å². The van der Waals surface area contributed by atoms with Crippen molar-refractivity contribution in [2.45, 2.75) is 46.0 Å². The van der Waals surface area contributed by atoms with Gasteiger partial charge in [-0.3, -0.25) is 0 Å². The molecule has 0 atom stereocenters. The molecule has 0 amide bonds. The minimum atomic E-state index is -4.63. The molecule has 0 fully saturated rings. The molecule has 140 valence electrons. The molecular weight excluding hydrogens is 371 g/mol. The molecule has 9 heteroatoms. The molecular formula is C17H17ClF3N3O2. The van der Waals surface area contributed by atoms with Gasteiger partial charge in [-0.25, -0.2) is 4.68 Å². The highest BCUT2D eigenvalue weighted by Gasteiger charge is 2.40. The Labute approximate surface area is 153 Å². The standard InChI is InChI=1S/C17H17ClF3N3O2/c1-9-5-11(18)6-10-8-26-15(23(25)14(9)10)12-7-13(17(19,20)21)22-24(12)16(2,3)4/h5-7H,8H2,1-4H3. The molecule has 1 aliphatic rings. The minimum absolute atomic E-state index is 0.0279. The minimum Gasteiger partial charge on any atom is -0.616 e. The molecule has 0 unspecified atom stereocenters. The van der Waals surface area contributed by atoms with E-state index in [1.165, 1.54) is 0 Å². The first-order valence-corrected chi connectivity index (χ1v) is 8.21. The second-order valence-corrected chi connectivity index (χ2v) is 7.55. The maximum absolute atomic E-state index is 13.1. The van der Waals surface area contributed by atoms with Gasteiger partial charge >= 0.3 is 12.1 Å². The topological polar surface area (TPSA) is 53.1 Å². The van der Waals surface area contributed by atoms with Crippen LogP contribution >= 0.6 is 11.6 Å². The molecule has 0 spiro atoms. The number of hydrogen-bond donors (Lipinski definition) is 0. The predicted octanol–water partition coefficient (Wildman–Crippen LogP) is 4.74. The Bertz CT molecular complexity index is 911. The molecule has 0 radical (unpaired) electrons. The van der Waals surface area contributed by atoms with E-state index in [9.17, 15) is 18.4 Å². The molecule has 0 N–H and O–H groups in total. The zero-order chi connectivity index (χ0) is 19.4. The Morgan fingerprint density at radius 3 is 2.46 bits per heavy atom. The quantitative estimate of drug-likeness (QED) is 0.524. The van der Waals surface area contributed by atoms with E-state index in [0.717, 1.165) is 10.7 Å². The van der Waals surface area contributed by atoms with Gasteiger partial charge in [-0.2, -0.15) is 18.3 Å². The first-order valence-electron chi connectivity index (χ1n) is 7.83. The molecule has 0 saturated heterocycles. The second kappa shape index (κ2) is 5.90. The van der Waals surface area contributed by atoms with Crippen molar-refractivity contribution in [1.29, 1.82) is 0 Å². The predicted molar refractivity (Wildman–Crippen MR) is 90.6 cm³/mol. The largest absolute Gasteiger partial charge is 0.616 e. The van der Waals surface area contributed by atoms with Crippen molar-refractivity contribution in [3.05, 3.63) is 50.9 Å². The van der Waals surface area contributed by atoms with Gasteiger partial charge in [0.1, 0.15) is 6.61 Å². The van der Waals surface area contributed by atoms with Crippen molar-refractivity contribution in [2.24, 2.45) is 0 Å². The van der Waals surface area contributed by atoms with Crippen molar-refractivity contribution in [3.63, 3.8) is 0 Å². The summed E-state index contributed by atoms with van der Waals surface area (Å²) in [5, 5.41) is 17.0. The zero-order valence-corrected chi connectivity index (χ0v) is 15.4. The van der Waals surface area contributed by atoms with Crippen LogP contribution in [0.4, 0.5) is 18.9 Å². The first kappa shape index (κ1) is 18.6. The van der Waals surface area contributed by atoms with E-state index in [0.29, 0.717) is 26.6 Å². The lowest BCUT2D eigenvalue weighted by Crippen LogP contribution is -2.32. The van der Waals surface area contributed by atoms with Crippen molar-refractivity contribution >= 4 is 23.2 Å². The highest BCUT2D eigenvalue weighted by molar-refractivity contribution is 6.30. The van der Waals surface area contributed by atoms with Crippen molar-refractivity contribution < 1.29 is 22.6 Å². The number of aryl methyl sites for hydroxylation is 1. The maximum Gasteiger partial charge on any atom is 0.435 e. The highest BCUT2D eigenvalue weighted by atomic mass is 35.5. The number of ether oxygens (including phenoxy) is 1. The van der Waals surface area contributed by atoms with E-state index in [4.69, 9.17) is 16.3 Å². The summed E-state index contributed by atoms with van der Waals surface area (Å²) in [7, 11) is 0. The van der Waals surface area contributed by atoms with E-state index in [-0.39, 0.29) is 18.2 Å². The smallest absolute Gasteiger partial charge is 0.435 e. The summed E-state index contributed by atoms with van der Waals surface area (Å²) >= 11 is 6.00. The normalized spacial score (nSPS) is 15.1. The Kier molecular flexibility index (Phi) is 4.22. The first-order chi connectivity index (χ1) is 11.9. The van der Waals surface area contributed by atoms with Crippen molar-refractivity contribution in [2.75, 3.05) is 0 Å². The van der Waals surface area contributed by atoms with Gasteiger partial charge in [0.2, 0.25) is 5.69 Å². The Balaban J connectivity index is 2.25. The molecule has 2 aromatic rings. The molecule has 1 aromatic heterocycles. The van der Waals surface area contributed by atoms with Gasteiger partial charge in [-0.1, -0.05) is 11.6 Å². The summed E-state index contributed by atoms with van der Waals surface area (Å²) in [5.74, 6) is -0.221. The number of halogens is 4. The molecule has 1 aliphatic heterocycles. The van der Waals surface area contributed by atoms with Crippen LogP contribution in [0.1, 0.15) is 43.3 Å². The van der Waals surface area contributed by atoms with Crippen LogP contribution in [0.25, 0.3) is 0 Å². The third-order valence-corrected chi connectivity index (χ3v) is 4.17. The van der Waals surface area contributed by atoms with Crippen LogP contribution in [0.2, 0.25) is 5.02 Å². The van der Waals surface area contributed by atoms with Crippen LogP contribution in [0.3, 0.4) is 0 Å². The molecule has 3 rings (SSSR count). The van der Waals surface area contributed by atoms with Crippen LogP contribution in [0.15, 0.2) is 18.2 Å². The lowest BCUT2D eigenvalue weighted by Gasteiger charge is -2.24. The molecule has 5 nitrogen and oxygen atoms in total. The molecule has 0 saturated carbocycles. The molecule has 0 bridgehead atoms. The van der Waals surface area contributed by atoms with Gasteiger partial charge in [-0.15, -0.1) is 4.74 Å². The molecule has 0 aliphatic carbocycles. The Morgan fingerprint density at radius 2 is 1.88 bits per heavy atom. The lowest BCUT2D eigenvalue weighted by atomic mass is 10.1. The zero-order valence-electron chi connectivity index (χ0n) is 14.6. The number of nitrogens with zero attached hydrogens (tertiary/aromatic N) is 3. The SMILES string of the molecule is Cc1cc(Cl)cc2c1[N+]([O-])=C(c1cc(C(F)(F)F)nn1C(C)(C)C)OC2. The number of rotatable bonds is 1. The molecule has 1 aromatic carbocycles.